The summed E-state index contributed by atoms with van der Waals surface area (Å²) in [6.07, 6.45) is 7.94. The van der Waals surface area contributed by atoms with Crippen molar-refractivity contribution in [2.45, 2.75) is 137 Å². The van der Waals surface area contributed by atoms with E-state index < -0.39 is 24.5 Å². The number of anilines is 3. The van der Waals surface area contributed by atoms with Gasteiger partial charge in [0.25, 0.3) is 0 Å². The third-order valence-electron chi connectivity index (χ3n) is 9.54. The molecule has 0 fully saturated rings. The van der Waals surface area contributed by atoms with E-state index in [0.29, 0.717) is 19.3 Å². The van der Waals surface area contributed by atoms with Crippen molar-refractivity contribution >= 4 is 24.4 Å². The quantitative estimate of drug-likeness (QED) is 0.0618. The minimum Gasteiger partial charge on any atom is -0.496 e. The monoisotopic (exact) mass is 720 g/mol. The zero-order valence-corrected chi connectivity index (χ0v) is 34.1. The maximum Gasteiger partial charge on any atom is 0.644 e. The summed E-state index contributed by atoms with van der Waals surface area (Å²) < 4.78 is 38.2. The van der Waals surface area contributed by atoms with E-state index in [4.69, 9.17) is 28.2 Å². The first-order chi connectivity index (χ1) is 24.7. The molecule has 3 aromatic carbocycles. The average Bonchev–Trinajstić information content (AvgIpc) is 3.11. The Bertz CT molecular complexity index is 1360. The molecule has 0 radical (unpaired) electrons. The van der Waals surface area contributed by atoms with Crippen LogP contribution in [-0.2, 0) is 14.0 Å². The standard InChI is InChI=1S/C42H66BN3O6/c1-13-16-25-40(7,44-34-22-19-31(4)37(28-34)47-10)50-43(51-41(8,26-17-14-2)45-35-23-20-32(5)38(29-35)48-11)52-42(9,27-18-15-3)46-36-24-21-33(6)39(30-36)49-12/h19-24,28-30,44-46H,13-18,25-27H2,1-12H3. The minimum atomic E-state index is -1.09. The summed E-state index contributed by atoms with van der Waals surface area (Å²) in [5.41, 5.74) is 3.25. The lowest BCUT2D eigenvalue weighted by molar-refractivity contribution is -0.0640. The number of unbranched alkanes of at least 4 members (excludes halogenated alkanes) is 3. The van der Waals surface area contributed by atoms with Crippen LogP contribution in [0.1, 0.15) is 116 Å². The van der Waals surface area contributed by atoms with E-state index in [2.05, 4.69) is 93.9 Å². The number of aryl methyl sites for hydroxylation is 3. The molecule has 3 rings (SSSR count). The van der Waals surface area contributed by atoms with Gasteiger partial charge >= 0.3 is 7.32 Å². The van der Waals surface area contributed by atoms with Crippen molar-refractivity contribution in [3.05, 3.63) is 71.3 Å². The zero-order valence-electron chi connectivity index (χ0n) is 34.1. The van der Waals surface area contributed by atoms with Gasteiger partial charge in [-0.3, -0.25) is 0 Å². The molecule has 0 saturated heterocycles. The lowest BCUT2D eigenvalue weighted by Crippen LogP contribution is -2.55. The Labute approximate surface area is 315 Å². The van der Waals surface area contributed by atoms with Crippen LogP contribution < -0.4 is 30.2 Å². The summed E-state index contributed by atoms with van der Waals surface area (Å²) in [7, 11) is 3.99. The molecule has 0 aromatic heterocycles. The number of ether oxygens (including phenoxy) is 3. The molecule has 0 saturated carbocycles. The summed E-state index contributed by atoms with van der Waals surface area (Å²) in [4.78, 5) is 0. The van der Waals surface area contributed by atoms with Crippen LogP contribution in [0, 0.1) is 20.8 Å². The maximum absolute atomic E-state index is 7.08. The molecule has 3 unspecified atom stereocenters. The summed E-state index contributed by atoms with van der Waals surface area (Å²) in [5, 5.41) is 11.1. The topological polar surface area (TPSA) is 91.5 Å². The molecule has 9 nitrogen and oxygen atoms in total. The van der Waals surface area contributed by atoms with Crippen molar-refractivity contribution < 1.29 is 28.2 Å². The Morgan fingerprint density at radius 1 is 0.481 bits per heavy atom. The van der Waals surface area contributed by atoms with E-state index in [-0.39, 0.29) is 0 Å². The van der Waals surface area contributed by atoms with Gasteiger partial charge in [0.2, 0.25) is 0 Å². The van der Waals surface area contributed by atoms with E-state index in [1.807, 2.05) is 39.0 Å². The van der Waals surface area contributed by atoms with Gasteiger partial charge in [0, 0.05) is 35.3 Å². The largest absolute Gasteiger partial charge is 0.644 e. The van der Waals surface area contributed by atoms with Crippen molar-refractivity contribution in [3.63, 3.8) is 0 Å². The molecule has 3 aromatic rings. The van der Waals surface area contributed by atoms with Gasteiger partial charge in [-0.05, 0) is 115 Å². The van der Waals surface area contributed by atoms with Crippen LogP contribution in [0.5, 0.6) is 17.2 Å². The molecule has 0 heterocycles. The molecule has 0 aliphatic rings. The van der Waals surface area contributed by atoms with Gasteiger partial charge in [0.05, 0.1) is 21.3 Å². The highest BCUT2D eigenvalue weighted by molar-refractivity contribution is 6.37. The summed E-state index contributed by atoms with van der Waals surface area (Å²) >= 11 is 0. The third-order valence-corrected chi connectivity index (χ3v) is 9.54. The van der Waals surface area contributed by atoms with Crippen molar-refractivity contribution in [2.24, 2.45) is 0 Å². The van der Waals surface area contributed by atoms with E-state index in [1.165, 1.54) is 0 Å². The fourth-order valence-electron chi connectivity index (χ4n) is 6.31. The van der Waals surface area contributed by atoms with Gasteiger partial charge in [0.15, 0.2) is 0 Å². The van der Waals surface area contributed by atoms with Crippen LogP contribution in [0.25, 0.3) is 0 Å². The van der Waals surface area contributed by atoms with Gasteiger partial charge in [-0.2, -0.15) is 0 Å². The number of hydrogen-bond donors (Lipinski definition) is 3. The first kappa shape index (κ1) is 42.8. The van der Waals surface area contributed by atoms with Crippen LogP contribution in [0.3, 0.4) is 0 Å². The lowest BCUT2D eigenvalue weighted by Gasteiger charge is -2.42. The van der Waals surface area contributed by atoms with E-state index in [0.717, 1.165) is 89.5 Å². The Morgan fingerprint density at radius 3 is 0.981 bits per heavy atom. The fourth-order valence-corrected chi connectivity index (χ4v) is 6.31. The molecule has 288 valence electrons. The van der Waals surface area contributed by atoms with Crippen molar-refractivity contribution in [1.29, 1.82) is 0 Å². The normalized spacial score (nSPS) is 14.8. The second-order valence-electron chi connectivity index (χ2n) is 14.6. The third kappa shape index (κ3) is 12.8. The highest BCUT2D eigenvalue weighted by atomic mass is 16.8. The summed E-state index contributed by atoms with van der Waals surface area (Å²) in [6, 6.07) is 18.3. The number of methoxy groups -OCH3 is 3. The highest BCUT2D eigenvalue weighted by Crippen LogP contribution is 2.34. The number of benzene rings is 3. The molecule has 0 amide bonds. The predicted molar refractivity (Wildman–Crippen MR) is 217 cm³/mol. The molecule has 52 heavy (non-hydrogen) atoms. The molecule has 10 heteroatoms. The van der Waals surface area contributed by atoms with Gasteiger partial charge in [0.1, 0.15) is 34.4 Å². The van der Waals surface area contributed by atoms with Crippen molar-refractivity contribution in [2.75, 3.05) is 37.3 Å². The average molecular weight is 720 g/mol. The first-order valence-corrected chi connectivity index (χ1v) is 19.1. The Balaban J connectivity index is 2.11. The van der Waals surface area contributed by atoms with Crippen LogP contribution in [-0.4, -0.2) is 45.8 Å². The molecule has 0 aliphatic heterocycles. The van der Waals surface area contributed by atoms with Crippen LogP contribution in [0.15, 0.2) is 54.6 Å². The van der Waals surface area contributed by atoms with Crippen molar-refractivity contribution in [3.8, 4) is 17.2 Å². The maximum atomic E-state index is 7.08. The second-order valence-corrected chi connectivity index (χ2v) is 14.6. The fraction of sp³-hybridized carbons (Fsp3) is 0.571. The highest BCUT2D eigenvalue weighted by Gasteiger charge is 2.44. The Morgan fingerprint density at radius 2 is 0.750 bits per heavy atom. The number of hydrogen-bond acceptors (Lipinski definition) is 9. The first-order valence-electron chi connectivity index (χ1n) is 19.1. The molecule has 0 spiro atoms. The van der Waals surface area contributed by atoms with Gasteiger partial charge < -0.3 is 44.1 Å². The molecular formula is C42H66BN3O6. The van der Waals surface area contributed by atoms with Gasteiger partial charge in [-0.25, -0.2) is 0 Å². The van der Waals surface area contributed by atoms with Crippen LogP contribution >= 0.6 is 0 Å². The van der Waals surface area contributed by atoms with E-state index >= 15 is 0 Å². The summed E-state index contributed by atoms with van der Waals surface area (Å²) in [5.74, 6) is 2.42. The van der Waals surface area contributed by atoms with Crippen LogP contribution in [0.4, 0.5) is 17.1 Å². The molecule has 0 bridgehead atoms. The smallest absolute Gasteiger partial charge is 0.496 e. The van der Waals surface area contributed by atoms with Gasteiger partial charge in [-0.15, -0.1) is 0 Å². The van der Waals surface area contributed by atoms with E-state index in [1.54, 1.807) is 21.3 Å². The van der Waals surface area contributed by atoms with E-state index in [9.17, 15) is 0 Å². The Hall–Kier alpha value is -3.60. The molecular weight excluding hydrogens is 653 g/mol. The predicted octanol–water partition coefficient (Wildman–Crippen LogP) is 11.0. The lowest BCUT2D eigenvalue weighted by atomic mass is 9.99. The minimum absolute atomic E-state index is 0.714. The molecule has 3 atom stereocenters. The van der Waals surface area contributed by atoms with Crippen molar-refractivity contribution in [1.82, 2.24) is 0 Å². The Kier molecular flexibility index (Phi) is 16.5. The summed E-state index contributed by atoms with van der Waals surface area (Å²) in [6.45, 7) is 18.9. The zero-order chi connectivity index (χ0) is 38.4. The molecule has 0 aliphatic carbocycles. The number of nitrogens with one attached hydrogen (secondary N) is 3. The number of rotatable bonds is 24. The SMILES string of the molecule is CCCCC(C)(Nc1ccc(C)c(OC)c1)OB(OC(C)(CCCC)Nc1ccc(C)c(OC)c1)OC(C)(CCCC)Nc1ccc(C)c(OC)c1. The van der Waals surface area contributed by atoms with Gasteiger partial charge in [-0.1, -0.05) is 58.2 Å². The van der Waals surface area contributed by atoms with Crippen LogP contribution in [0.2, 0.25) is 0 Å². The second kappa shape index (κ2) is 20.0. The molecule has 3 N–H and O–H groups in total.